The molecule has 2 saturated carbocycles. The van der Waals surface area contributed by atoms with Gasteiger partial charge in [-0.25, -0.2) is 4.79 Å². The summed E-state index contributed by atoms with van der Waals surface area (Å²) in [7, 11) is 0. The van der Waals surface area contributed by atoms with E-state index in [1.165, 1.54) is 0 Å². The Bertz CT molecular complexity index is 524. The predicted octanol–water partition coefficient (Wildman–Crippen LogP) is 1.84. The highest BCUT2D eigenvalue weighted by Gasteiger charge is 2.87. The first-order chi connectivity index (χ1) is 8.93. The van der Waals surface area contributed by atoms with Crippen LogP contribution >= 0.6 is 0 Å². The van der Waals surface area contributed by atoms with Gasteiger partial charge in [-0.1, -0.05) is 20.4 Å². The number of hydrogen-bond acceptors (Lipinski definition) is 4. The van der Waals surface area contributed by atoms with Gasteiger partial charge < -0.3 is 9.47 Å². The van der Waals surface area contributed by atoms with Crippen LogP contribution in [-0.2, 0) is 19.1 Å². The summed E-state index contributed by atoms with van der Waals surface area (Å²) in [6.07, 6.45) is 2.16. The maximum atomic E-state index is 11.8. The van der Waals surface area contributed by atoms with Crippen LogP contribution in [0.4, 0.5) is 0 Å². The molecule has 102 valence electrons. The van der Waals surface area contributed by atoms with Crippen LogP contribution in [0.25, 0.3) is 0 Å². The van der Waals surface area contributed by atoms with Crippen LogP contribution in [0.3, 0.4) is 0 Å². The van der Waals surface area contributed by atoms with E-state index in [1.54, 1.807) is 0 Å². The summed E-state index contributed by atoms with van der Waals surface area (Å²) in [5, 5.41) is 0. The third-order valence-electron chi connectivity index (χ3n) is 6.20. The molecule has 0 aromatic heterocycles. The van der Waals surface area contributed by atoms with E-state index in [-0.39, 0.29) is 35.3 Å². The first-order valence-electron chi connectivity index (χ1n) is 7.04. The van der Waals surface area contributed by atoms with Crippen molar-refractivity contribution in [3.63, 3.8) is 0 Å². The SMILES string of the molecule is C=C1C(=O)OC2C1CC[C@H](C)C13OC(=O)CC1[C@@]23C. The normalized spacial score (nSPS) is 54.7. The summed E-state index contributed by atoms with van der Waals surface area (Å²) in [4.78, 5) is 23.4. The van der Waals surface area contributed by atoms with Crippen molar-refractivity contribution in [2.75, 3.05) is 0 Å². The molecule has 4 nitrogen and oxygen atoms in total. The van der Waals surface area contributed by atoms with Gasteiger partial charge in [-0.15, -0.1) is 0 Å². The van der Waals surface area contributed by atoms with Crippen molar-refractivity contribution in [3.8, 4) is 0 Å². The molecule has 0 aromatic carbocycles. The van der Waals surface area contributed by atoms with E-state index < -0.39 is 5.60 Å². The largest absolute Gasteiger partial charge is 0.458 e. The van der Waals surface area contributed by atoms with Crippen LogP contribution in [0.15, 0.2) is 12.2 Å². The van der Waals surface area contributed by atoms with Crippen LogP contribution in [0.5, 0.6) is 0 Å². The molecule has 4 unspecified atom stereocenters. The highest BCUT2D eigenvalue weighted by molar-refractivity contribution is 5.91. The van der Waals surface area contributed by atoms with Crippen molar-refractivity contribution in [2.24, 2.45) is 23.2 Å². The molecule has 0 bridgehead atoms. The molecular weight excluding hydrogens is 244 g/mol. The van der Waals surface area contributed by atoms with Gasteiger partial charge in [0.25, 0.3) is 0 Å². The fourth-order valence-electron chi connectivity index (χ4n) is 5.18. The van der Waals surface area contributed by atoms with E-state index in [4.69, 9.17) is 9.47 Å². The Hall–Kier alpha value is -1.32. The van der Waals surface area contributed by atoms with E-state index in [0.717, 1.165) is 12.8 Å². The second-order valence-electron chi connectivity index (χ2n) is 6.74. The van der Waals surface area contributed by atoms with Gasteiger partial charge in [0.15, 0.2) is 0 Å². The Labute approximate surface area is 112 Å². The summed E-state index contributed by atoms with van der Waals surface area (Å²) in [5.74, 6) is 0.261. The molecule has 6 atom stereocenters. The lowest BCUT2D eigenvalue weighted by molar-refractivity contribution is -0.157. The first-order valence-corrected chi connectivity index (χ1v) is 7.04. The number of rotatable bonds is 0. The van der Waals surface area contributed by atoms with Gasteiger partial charge in [-0.2, -0.15) is 0 Å². The molecule has 4 rings (SSSR count). The number of fused-ring (bicyclic) bond motifs is 3. The van der Waals surface area contributed by atoms with E-state index in [2.05, 4.69) is 20.4 Å². The van der Waals surface area contributed by atoms with E-state index in [0.29, 0.717) is 17.9 Å². The predicted molar refractivity (Wildman–Crippen MR) is 65.9 cm³/mol. The molecule has 2 aliphatic heterocycles. The molecule has 2 heterocycles. The Morgan fingerprint density at radius 1 is 1.32 bits per heavy atom. The Balaban J connectivity index is 1.80. The van der Waals surface area contributed by atoms with E-state index in [9.17, 15) is 9.59 Å². The third-order valence-corrected chi connectivity index (χ3v) is 6.20. The Morgan fingerprint density at radius 2 is 2.05 bits per heavy atom. The zero-order valence-corrected chi connectivity index (χ0v) is 11.3. The van der Waals surface area contributed by atoms with E-state index in [1.807, 2.05) is 0 Å². The molecule has 4 heteroatoms. The van der Waals surface area contributed by atoms with Crippen molar-refractivity contribution < 1.29 is 19.1 Å². The molecule has 4 aliphatic rings. The molecule has 0 amide bonds. The van der Waals surface area contributed by atoms with Gasteiger partial charge >= 0.3 is 11.9 Å². The highest BCUT2D eigenvalue weighted by atomic mass is 16.6. The summed E-state index contributed by atoms with van der Waals surface area (Å²) in [6.45, 7) is 8.17. The summed E-state index contributed by atoms with van der Waals surface area (Å²) >= 11 is 0. The molecule has 2 aliphatic carbocycles. The Morgan fingerprint density at radius 3 is 2.79 bits per heavy atom. The van der Waals surface area contributed by atoms with Crippen LogP contribution in [0.2, 0.25) is 0 Å². The lowest BCUT2D eigenvalue weighted by Gasteiger charge is -2.29. The van der Waals surface area contributed by atoms with Gasteiger partial charge in [0.1, 0.15) is 11.7 Å². The Kier molecular flexibility index (Phi) is 1.85. The number of ether oxygens (including phenoxy) is 2. The molecule has 2 saturated heterocycles. The molecular formula is C15H18O4. The van der Waals surface area contributed by atoms with Gasteiger partial charge in [-0.3, -0.25) is 4.79 Å². The summed E-state index contributed by atoms with van der Waals surface area (Å²) in [6, 6.07) is 0. The molecule has 0 radical (unpaired) electrons. The quantitative estimate of drug-likeness (QED) is 0.494. The topological polar surface area (TPSA) is 52.6 Å². The van der Waals surface area contributed by atoms with Gasteiger partial charge in [0.2, 0.25) is 0 Å². The molecule has 0 N–H and O–H groups in total. The van der Waals surface area contributed by atoms with Crippen LogP contribution < -0.4 is 0 Å². The van der Waals surface area contributed by atoms with Gasteiger partial charge in [0.05, 0.1) is 11.8 Å². The zero-order valence-electron chi connectivity index (χ0n) is 11.3. The van der Waals surface area contributed by atoms with E-state index >= 15 is 0 Å². The first kappa shape index (κ1) is 11.5. The van der Waals surface area contributed by atoms with Gasteiger partial charge in [-0.05, 0) is 18.8 Å². The number of carbonyl (C=O) groups is 2. The number of carbonyl (C=O) groups excluding carboxylic acids is 2. The van der Waals surface area contributed by atoms with Crippen LogP contribution in [0.1, 0.15) is 33.1 Å². The number of hydrogen-bond donors (Lipinski definition) is 0. The minimum Gasteiger partial charge on any atom is -0.458 e. The zero-order chi connectivity index (χ0) is 13.6. The summed E-state index contributed by atoms with van der Waals surface area (Å²) in [5.41, 5.74) is -0.00266. The van der Waals surface area contributed by atoms with Crippen molar-refractivity contribution in [1.29, 1.82) is 0 Å². The fourth-order valence-corrected chi connectivity index (χ4v) is 5.18. The molecule has 4 fully saturated rings. The minimum atomic E-state index is -0.394. The summed E-state index contributed by atoms with van der Waals surface area (Å²) < 4.78 is 11.3. The van der Waals surface area contributed by atoms with Crippen molar-refractivity contribution in [3.05, 3.63) is 12.2 Å². The monoisotopic (exact) mass is 262 g/mol. The van der Waals surface area contributed by atoms with Crippen molar-refractivity contribution >= 4 is 11.9 Å². The van der Waals surface area contributed by atoms with Crippen molar-refractivity contribution in [2.45, 2.75) is 44.8 Å². The lowest BCUT2D eigenvalue weighted by atomic mass is 9.83. The minimum absolute atomic E-state index is 0.101. The molecule has 19 heavy (non-hydrogen) atoms. The maximum absolute atomic E-state index is 11.8. The van der Waals surface area contributed by atoms with Crippen LogP contribution in [-0.4, -0.2) is 23.6 Å². The highest BCUT2D eigenvalue weighted by Crippen LogP contribution is 2.77. The second-order valence-corrected chi connectivity index (χ2v) is 6.74. The third kappa shape index (κ3) is 1.01. The average molecular weight is 262 g/mol. The van der Waals surface area contributed by atoms with Crippen LogP contribution in [0, 0.1) is 23.2 Å². The standard InChI is InChI=1S/C15H18O4/c1-7-4-5-9-8(2)13(17)18-12(9)14(3)10-6-11(16)19-15(7,10)14/h7,9-10,12H,2,4-6H2,1,3H3/t7-,9?,10?,12?,14-,15?/m0/s1. The molecule has 1 spiro atoms. The average Bonchev–Trinajstić information content (AvgIpc) is 2.65. The molecule has 0 aromatic rings. The number of esters is 2. The van der Waals surface area contributed by atoms with Crippen molar-refractivity contribution in [1.82, 2.24) is 0 Å². The van der Waals surface area contributed by atoms with Gasteiger partial charge in [0, 0.05) is 17.4 Å². The maximum Gasteiger partial charge on any atom is 0.334 e. The fraction of sp³-hybridized carbons (Fsp3) is 0.733. The smallest absolute Gasteiger partial charge is 0.334 e. The second kappa shape index (κ2) is 3.05. The lowest BCUT2D eigenvalue weighted by Crippen LogP contribution is -2.37.